The van der Waals surface area contributed by atoms with Crippen LogP contribution in [0.2, 0.25) is 0 Å². The Morgan fingerprint density at radius 2 is 1.78 bits per heavy atom. The number of methoxy groups -OCH3 is 1. The summed E-state index contributed by atoms with van der Waals surface area (Å²) in [5.74, 6) is -3.18. The number of ether oxygens (including phenoxy) is 1. The number of nitrogens with one attached hydrogen (secondary N) is 1. The van der Waals surface area contributed by atoms with Gasteiger partial charge in [-0.1, -0.05) is 36.1 Å². The maximum Gasteiger partial charge on any atom is 0.335 e. The summed E-state index contributed by atoms with van der Waals surface area (Å²) in [5, 5.41) is 20.7. The first kappa shape index (κ1) is 23.0. The zero-order valence-electron chi connectivity index (χ0n) is 16.5. The molecule has 2 amide bonds. The third-order valence-corrected chi connectivity index (χ3v) is 5.66. The number of thiocarbonyl (C=S) groups is 1. The predicted molar refractivity (Wildman–Crippen MR) is 122 cm³/mol. The molecule has 9 nitrogen and oxygen atoms in total. The van der Waals surface area contributed by atoms with Gasteiger partial charge >= 0.3 is 11.9 Å². The zero-order chi connectivity index (χ0) is 23.4. The Kier molecular flexibility index (Phi) is 6.91. The lowest BCUT2D eigenvalue weighted by molar-refractivity contribution is -0.126. The highest BCUT2D eigenvalue weighted by atomic mass is 32.2. The lowest BCUT2D eigenvalue weighted by Crippen LogP contribution is -2.36. The van der Waals surface area contributed by atoms with Crippen LogP contribution < -0.4 is 10.1 Å². The summed E-state index contributed by atoms with van der Waals surface area (Å²) in [5.41, 5.74) is 0.102. The van der Waals surface area contributed by atoms with Crippen LogP contribution in [0.25, 0.3) is 6.08 Å². The van der Waals surface area contributed by atoms with Crippen molar-refractivity contribution in [2.75, 3.05) is 19.0 Å². The fraction of sp³-hybridized carbons (Fsp3) is 0.0952. The number of aromatic carboxylic acids is 2. The summed E-state index contributed by atoms with van der Waals surface area (Å²) in [4.78, 5) is 49.1. The van der Waals surface area contributed by atoms with Crippen LogP contribution in [0.15, 0.2) is 47.4 Å². The van der Waals surface area contributed by atoms with Gasteiger partial charge in [0.05, 0.1) is 23.1 Å². The molecule has 0 aliphatic carbocycles. The second-order valence-electron chi connectivity index (χ2n) is 6.50. The number of thioether (sulfide) groups is 1. The summed E-state index contributed by atoms with van der Waals surface area (Å²) in [6.45, 7) is -0.417. The van der Waals surface area contributed by atoms with Crippen LogP contribution in [-0.2, 0) is 9.59 Å². The van der Waals surface area contributed by atoms with Crippen molar-refractivity contribution in [2.45, 2.75) is 0 Å². The van der Waals surface area contributed by atoms with E-state index in [1.165, 1.54) is 7.11 Å². The molecule has 0 saturated carbocycles. The van der Waals surface area contributed by atoms with E-state index in [0.717, 1.165) is 40.4 Å². The SMILES string of the molecule is COc1cccc(/C=C2\SC(=S)N(CC(=O)Nc3cc(C(=O)O)cc(C(=O)O)c3)C2=O)c1. The largest absolute Gasteiger partial charge is 0.497 e. The number of hydrogen-bond acceptors (Lipinski definition) is 7. The maximum absolute atomic E-state index is 12.7. The van der Waals surface area contributed by atoms with Gasteiger partial charge in [-0.15, -0.1) is 0 Å². The van der Waals surface area contributed by atoms with Crippen molar-refractivity contribution in [3.8, 4) is 5.75 Å². The van der Waals surface area contributed by atoms with Crippen molar-refractivity contribution in [3.63, 3.8) is 0 Å². The van der Waals surface area contributed by atoms with Crippen LogP contribution in [0.1, 0.15) is 26.3 Å². The average Bonchev–Trinajstić information content (AvgIpc) is 3.00. The third-order valence-electron chi connectivity index (χ3n) is 4.28. The number of rotatable bonds is 7. The van der Waals surface area contributed by atoms with Gasteiger partial charge in [0.25, 0.3) is 5.91 Å². The number of carboxylic acid groups (broad SMARTS) is 2. The molecule has 3 N–H and O–H groups in total. The molecule has 0 spiro atoms. The fourth-order valence-corrected chi connectivity index (χ4v) is 4.06. The van der Waals surface area contributed by atoms with Crippen molar-refractivity contribution in [3.05, 3.63) is 64.1 Å². The highest BCUT2D eigenvalue weighted by molar-refractivity contribution is 8.26. The Labute approximate surface area is 191 Å². The molecular formula is C21H16N2O7S2. The molecule has 2 aromatic carbocycles. The predicted octanol–water partition coefficient (Wildman–Crippen LogP) is 2.93. The molecule has 11 heteroatoms. The summed E-state index contributed by atoms with van der Waals surface area (Å²) < 4.78 is 5.35. The smallest absolute Gasteiger partial charge is 0.335 e. The fourth-order valence-electron chi connectivity index (χ4n) is 2.81. The van der Waals surface area contributed by atoms with Crippen LogP contribution >= 0.6 is 24.0 Å². The van der Waals surface area contributed by atoms with Crippen molar-refractivity contribution in [1.82, 2.24) is 4.90 Å². The number of hydrogen-bond donors (Lipinski definition) is 3. The first-order valence-corrected chi connectivity index (χ1v) is 10.2. The lowest BCUT2D eigenvalue weighted by atomic mass is 10.1. The number of carboxylic acids is 2. The third kappa shape index (κ3) is 5.31. The van der Waals surface area contributed by atoms with Crippen LogP contribution in [0, 0.1) is 0 Å². The highest BCUT2D eigenvalue weighted by Crippen LogP contribution is 2.33. The van der Waals surface area contributed by atoms with Gasteiger partial charge in [0, 0.05) is 5.69 Å². The molecule has 1 heterocycles. The molecule has 0 atom stereocenters. The summed E-state index contributed by atoms with van der Waals surface area (Å²) >= 11 is 6.26. The molecule has 0 bridgehead atoms. The normalized spacial score (nSPS) is 14.5. The van der Waals surface area contributed by atoms with E-state index in [9.17, 15) is 19.2 Å². The van der Waals surface area contributed by atoms with Gasteiger partial charge in [0.1, 0.15) is 16.6 Å². The molecule has 2 aromatic rings. The highest BCUT2D eigenvalue weighted by Gasteiger charge is 2.33. The van der Waals surface area contributed by atoms with Gasteiger partial charge in [-0.3, -0.25) is 14.5 Å². The summed E-state index contributed by atoms with van der Waals surface area (Å²) in [7, 11) is 1.53. The monoisotopic (exact) mass is 472 g/mol. The van der Waals surface area contributed by atoms with Crippen molar-refractivity contribution in [1.29, 1.82) is 0 Å². The minimum atomic E-state index is -1.34. The van der Waals surface area contributed by atoms with Crippen molar-refractivity contribution in [2.24, 2.45) is 0 Å². The molecule has 1 fully saturated rings. The van der Waals surface area contributed by atoms with Crippen LogP contribution in [0.4, 0.5) is 5.69 Å². The van der Waals surface area contributed by atoms with Crippen molar-refractivity contribution >= 4 is 63.8 Å². The Hall–Kier alpha value is -3.70. The van der Waals surface area contributed by atoms with Crippen LogP contribution in [0.5, 0.6) is 5.75 Å². The van der Waals surface area contributed by atoms with Gasteiger partial charge in [0.15, 0.2) is 0 Å². The summed E-state index contributed by atoms with van der Waals surface area (Å²) in [6, 6.07) is 10.3. The molecule has 0 radical (unpaired) electrons. The molecule has 0 unspecified atom stereocenters. The average molecular weight is 473 g/mol. The van der Waals surface area contributed by atoms with Gasteiger partial charge < -0.3 is 20.3 Å². The molecule has 0 aromatic heterocycles. The molecule has 1 aliphatic rings. The summed E-state index contributed by atoms with van der Waals surface area (Å²) in [6.07, 6.45) is 1.63. The van der Waals surface area contributed by atoms with E-state index >= 15 is 0 Å². The minimum Gasteiger partial charge on any atom is -0.497 e. The van der Waals surface area contributed by atoms with Gasteiger partial charge in [-0.2, -0.15) is 0 Å². The van der Waals surface area contributed by atoms with E-state index in [1.807, 2.05) is 0 Å². The number of anilines is 1. The number of carbonyl (C=O) groups is 4. The Morgan fingerprint density at radius 1 is 1.12 bits per heavy atom. The Bertz CT molecular complexity index is 1140. The van der Waals surface area contributed by atoms with E-state index < -0.39 is 30.3 Å². The quantitative estimate of drug-likeness (QED) is 0.411. The molecule has 1 aliphatic heterocycles. The number of nitrogens with zero attached hydrogens (tertiary/aromatic N) is 1. The second kappa shape index (κ2) is 9.62. The van der Waals surface area contributed by atoms with E-state index in [2.05, 4.69) is 5.32 Å². The minimum absolute atomic E-state index is 0.0235. The number of benzene rings is 2. The Balaban J connectivity index is 1.75. The molecule has 3 rings (SSSR count). The maximum atomic E-state index is 12.7. The van der Waals surface area contributed by atoms with Gasteiger partial charge in [0.2, 0.25) is 5.91 Å². The first-order chi connectivity index (χ1) is 15.2. The Morgan fingerprint density at radius 3 is 2.38 bits per heavy atom. The number of amides is 2. The first-order valence-electron chi connectivity index (χ1n) is 8.99. The molecular weight excluding hydrogens is 456 g/mol. The standard InChI is InChI=1S/C21H16N2O7S2/c1-30-15-4-2-3-11(5-15)6-16-18(25)23(21(31)32-16)10-17(24)22-14-8-12(19(26)27)7-13(9-14)20(28)29/h2-9H,10H2,1H3,(H,22,24)(H,26,27)(H,28,29)/b16-6-. The van der Waals surface area contributed by atoms with E-state index in [-0.39, 0.29) is 21.1 Å². The second-order valence-corrected chi connectivity index (χ2v) is 8.18. The topological polar surface area (TPSA) is 133 Å². The zero-order valence-corrected chi connectivity index (χ0v) is 18.2. The molecule has 32 heavy (non-hydrogen) atoms. The number of carbonyl (C=O) groups excluding carboxylic acids is 2. The van der Waals surface area contributed by atoms with E-state index in [4.69, 9.17) is 27.2 Å². The van der Waals surface area contributed by atoms with Crippen LogP contribution in [-0.4, -0.2) is 56.8 Å². The van der Waals surface area contributed by atoms with Gasteiger partial charge in [-0.05, 0) is 42.0 Å². The molecule has 1 saturated heterocycles. The lowest BCUT2D eigenvalue weighted by Gasteiger charge is -2.14. The van der Waals surface area contributed by atoms with E-state index in [1.54, 1.807) is 30.3 Å². The van der Waals surface area contributed by atoms with Crippen LogP contribution in [0.3, 0.4) is 0 Å². The van der Waals surface area contributed by atoms with Gasteiger partial charge in [-0.25, -0.2) is 9.59 Å². The molecule has 164 valence electrons. The van der Waals surface area contributed by atoms with E-state index in [0.29, 0.717) is 10.7 Å². The van der Waals surface area contributed by atoms with Crippen molar-refractivity contribution < 1.29 is 34.1 Å².